The maximum atomic E-state index is 12.5. The minimum absolute atomic E-state index is 0.209. The van der Waals surface area contributed by atoms with Gasteiger partial charge in [0, 0.05) is 11.5 Å². The van der Waals surface area contributed by atoms with Crippen LogP contribution in [0.3, 0.4) is 0 Å². The number of methoxy groups -OCH3 is 1. The number of ketones is 1. The molecule has 0 bridgehead atoms. The summed E-state index contributed by atoms with van der Waals surface area (Å²) in [5.41, 5.74) is 1.88. The molecule has 1 aromatic carbocycles. The highest BCUT2D eigenvalue weighted by molar-refractivity contribution is 5.98. The van der Waals surface area contributed by atoms with E-state index in [-0.39, 0.29) is 5.92 Å². The fourth-order valence-corrected chi connectivity index (χ4v) is 2.88. The van der Waals surface area contributed by atoms with Gasteiger partial charge in [-0.25, -0.2) is 0 Å². The molecule has 1 fully saturated rings. The number of ether oxygens (including phenoxy) is 1. The zero-order valence-corrected chi connectivity index (χ0v) is 11.5. The zero-order valence-electron chi connectivity index (χ0n) is 11.5. The smallest absolute Gasteiger partial charge is 0.166 e. The van der Waals surface area contributed by atoms with Gasteiger partial charge in [-0.1, -0.05) is 31.9 Å². The van der Waals surface area contributed by atoms with Crippen molar-refractivity contribution in [1.82, 2.24) is 0 Å². The molecule has 18 heavy (non-hydrogen) atoms. The lowest BCUT2D eigenvalue weighted by Gasteiger charge is -2.25. The first-order chi connectivity index (χ1) is 8.61. The molecular formula is C16H22O2. The molecule has 1 aliphatic rings. The molecule has 1 aromatic rings. The molecule has 1 aliphatic carbocycles. The van der Waals surface area contributed by atoms with E-state index in [2.05, 4.69) is 6.92 Å². The molecule has 0 N–H and O–H groups in total. The van der Waals surface area contributed by atoms with Gasteiger partial charge in [-0.05, 0) is 37.3 Å². The molecule has 0 aliphatic heterocycles. The molecule has 0 saturated heterocycles. The van der Waals surface area contributed by atoms with Gasteiger partial charge in [0.25, 0.3) is 0 Å². The third-order valence-electron chi connectivity index (χ3n) is 4.00. The predicted octanol–water partition coefficient (Wildman–Crippen LogP) is 4.01. The van der Waals surface area contributed by atoms with Crippen molar-refractivity contribution in [1.29, 1.82) is 0 Å². The molecule has 2 heteroatoms. The van der Waals surface area contributed by atoms with Gasteiger partial charge in [-0.15, -0.1) is 0 Å². The van der Waals surface area contributed by atoms with Crippen LogP contribution in [0.4, 0.5) is 0 Å². The lowest BCUT2D eigenvalue weighted by Crippen LogP contribution is -2.21. The van der Waals surface area contributed by atoms with Crippen LogP contribution in [0.15, 0.2) is 18.2 Å². The summed E-state index contributed by atoms with van der Waals surface area (Å²) in [5, 5.41) is 0. The molecule has 98 valence electrons. The second-order valence-corrected chi connectivity index (χ2v) is 5.52. The molecule has 2 nitrogen and oxygen atoms in total. The Bertz CT molecular complexity index is 437. The van der Waals surface area contributed by atoms with Crippen LogP contribution in [-0.4, -0.2) is 12.9 Å². The van der Waals surface area contributed by atoms with Gasteiger partial charge in [0.05, 0.1) is 7.11 Å². The van der Waals surface area contributed by atoms with Crippen LogP contribution in [0.1, 0.15) is 48.5 Å². The summed E-state index contributed by atoms with van der Waals surface area (Å²) in [6, 6.07) is 5.79. The van der Waals surface area contributed by atoms with Gasteiger partial charge in [0.15, 0.2) is 5.78 Å². The van der Waals surface area contributed by atoms with E-state index in [1.807, 2.05) is 25.1 Å². The first-order valence-corrected chi connectivity index (χ1v) is 6.80. The average molecular weight is 246 g/mol. The quantitative estimate of drug-likeness (QED) is 0.753. The number of rotatable bonds is 3. The number of carbonyl (C=O) groups is 1. The van der Waals surface area contributed by atoms with Gasteiger partial charge in [-0.2, -0.15) is 0 Å². The first kappa shape index (κ1) is 13.1. The monoisotopic (exact) mass is 246 g/mol. The van der Waals surface area contributed by atoms with Crippen molar-refractivity contribution in [3.05, 3.63) is 29.3 Å². The minimum atomic E-state index is 0.209. The SMILES string of the molecule is COc1cc(C(=O)C2CCCC(C)C2)ccc1C. The number of benzene rings is 1. The fraction of sp³-hybridized carbons (Fsp3) is 0.562. The third-order valence-corrected chi connectivity index (χ3v) is 4.00. The van der Waals surface area contributed by atoms with Crippen LogP contribution < -0.4 is 4.74 Å². The van der Waals surface area contributed by atoms with E-state index in [1.165, 1.54) is 12.8 Å². The number of hydrogen-bond donors (Lipinski definition) is 0. The van der Waals surface area contributed by atoms with Gasteiger partial charge < -0.3 is 4.74 Å². The summed E-state index contributed by atoms with van der Waals surface area (Å²) >= 11 is 0. The number of carbonyl (C=O) groups excluding carboxylic acids is 1. The van der Waals surface area contributed by atoms with Gasteiger partial charge in [-0.3, -0.25) is 4.79 Å². The summed E-state index contributed by atoms with van der Waals surface area (Å²) in [7, 11) is 1.65. The Labute approximate surface area is 109 Å². The van der Waals surface area contributed by atoms with Crippen molar-refractivity contribution >= 4 is 5.78 Å². The topological polar surface area (TPSA) is 26.3 Å². The van der Waals surface area contributed by atoms with Crippen molar-refractivity contribution in [2.75, 3.05) is 7.11 Å². The molecular weight excluding hydrogens is 224 g/mol. The van der Waals surface area contributed by atoms with E-state index >= 15 is 0 Å². The maximum Gasteiger partial charge on any atom is 0.166 e. The van der Waals surface area contributed by atoms with Gasteiger partial charge >= 0.3 is 0 Å². The highest BCUT2D eigenvalue weighted by Crippen LogP contribution is 2.32. The Hall–Kier alpha value is -1.31. The fourth-order valence-electron chi connectivity index (χ4n) is 2.88. The Morgan fingerprint density at radius 1 is 1.33 bits per heavy atom. The standard InChI is InChI=1S/C16H22O2/c1-11-5-4-6-13(9-11)16(17)14-8-7-12(2)15(10-14)18-3/h7-8,10-11,13H,4-6,9H2,1-3H3. The first-order valence-electron chi connectivity index (χ1n) is 6.80. The van der Waals surface area contributed by atoms with Crippen LogP contribution in [0.2, 0.25) is 0 Å². The molecule has 1 saturated carbocycles. The summed E-state index contributed by atoms with van der Waals surface area (Å²) in [6.45, 7) is 4.24. The van der Waals surface area contributed by atoms with E-state index in [4.69, 9.17) is 4.74 Å². The predicted molar refractivity (Wildman–Crippen MR) is 73.2 cm³/mol. The van der Waals surface area contributed by atoms with Gasteiger partial charge in [0.1, 0.15) is 5.75 Å². The van der Waals surface area contributed by atoms with E-state index in [9.17, 15) is 4.79 Å². The van der Waals surface area contributed by atoms with Crippen LogP contribution in [-0.2, 0) is 0 Å². The Morgan fingerprint density at radius 3 is 2.78 bits per heavy atom. The Kier molecular flexibility index (Phi) is 4.05. The molecule has 0 radical (unpaired) electrons. The normalized spacial score (nSPS) is 23.7. The second-order valence-electron chi connectivity index (χ2n) is 5.52. The van der Waals surface area contributed by atoms with Crippen molar-refractivity contribution in [3.63, 3.8) is 0 Å². The Morgan fingerprint density at radius 2 is 2.11 bits per heavy atom. The molecule has 0 aromatic heterocycles. The molecule has 0 amide bonds. The highest BCUT2D eigenvalue weighted by atomic mass is 16.5. The molecule has 0 heterocycles. The van der Waals surface area contributed by atoms with Crippen LogP contribution >= 0.6 is 0 Å². The minimum Gasteiger partial charge on any atom is -0.496 e. The highest BCUT2D eigenvalue weighted by Gasteiger charge is 2.26. The molecule has 2 rings (SSSR count). The molecule has 0 spiro atoms. The summed E-state index contributed by atoms with van der Waals surface area (Å²) in [5.74, 6) is 1.99. The Balaban J connectivity index is 2.17. The summed E-state index contributed by atoms with van der Waals surface area (Å²) in [6.07, 6.45) is 4.52. The third kappa shape index (κ3) is 2.74. The van der Waals surface area contributed by atoms with E-state index < -0.39 is 0 Å². The number of hydrogen-bond acceptors (Lipinski definition) is 2. The van der Waals surface area contributed by atoms with Crippen molar-refractivity contribution in [3.8, 4) is 5.75 Å². The van der Waals surface area contributed by atoms with Crippen molar-refractivity contribution in [2.45, 2.75) is 39.5 Å². The van der Waals surface area contributed by atoms with Crippen molar-refractivity contribution < 1.29 is 9.53 Å². The van der Waals surface area contributed by atoms with Crippen LogP contribution in [0.5, 0.6) is 5.75 Å². The molecule has 2 atom stereocenters. The van der Waals surface area contributed by atoms with E-state index in [1.54, 1.807) is 7.11 Å². The van der Waals surface area contributed by atoms with Crippen LogP contribution in [0, 0.1) is 18.8 Å². The number of aryl methyl sites for hydroxylation is 1. The zero-order chi connectivity index (χ0) is 13.1. The number of Topliss-reactive ketones (excluding diaryl/α,β-unsaturated/α-hetero) is 1. The maximum absolute atomic E-state index is 12.5. The second kappa shape index (κ2) is 5.55. The van der Waals surface area contributed by atoms with Crippen LogP contribution in [0.25, 0.3) is 0 Å². The van der Waals surface area contributed by atoms with E-state index in [0.29, 0.717) is 11.7 Å². The van der Waals surface area contributed by atoms with E-state index in [0.717, 1.165) is 29.7 Å². The van der Waals surface area contributed by atoms with Crippen molar-refractivity contribution in [2.24, 2.45) is 11.8 Å². The summed E-state index contributed by atoms with van der Waals surface area (Å²) < 4.78 is 5.29. The average Bonchev–Trinajstić information content (AvgIpc) is 2.38. The molecule has 2 unspecified atom stereocenters. The largest absolute Gasteiger partial charge is 0.496 e. The van der Waals surface area contributed by atoms with Gasteiger partial charge in [0.2, 0.25) is 0 Å². The lowest BCUT2D eigenvalue weighted by molar-refractivity contribution is 0.0868. The lowest BCUT2D eigenvalue weighted by atomic mass is 9.78. The summed E-state index contributed by atoms with van der Waals surface area (Å²) in [4.78, 5) is 12.5.